The van der Waals surface area contributed by atoms with E-state index in [1.807, 2.05) is 0 Å². The molecule has 0 bridgehead atoms. The molecule has 2 heteroatoms. The largest absolute Gasteiger partial charge is 0.298 e. The van der Waals surface area contributed by atoms with Gasteiger partial charge >= 0.3 is 0 Å². The Morgan fingerprint density at radius 2 is 1.08 bits per heavy atom. The van der Waals surface area contributed by atoms with Crippen LogP contribution in [-0.2, 0) is 13.1 Å². The van der Waals surface area contributed by atoms with Crippen molar-refractivity contribution in [2.75, 3.05) is 26.2 Å². The first-order valence-corrected chi connectivity index (χ1v) is 9.84. The number of benzene rings is 2. The minimum absolute atomic E-state index is 0.514. The van der Waals surface area contributed by atoms with Gasteiger partial charge in [-0.15, -0.1) is 0 Å². The molecule has 0 N–H and O–H groups in total. The van der Waals surface area contributed by atoms with Gasteiger partial charge in [-0.2, -0.15) is 0 Å². The van der Waals surface area contributed by atoms with Gasteiger partial charge in [-0.1, -0.05) is 60.7 Å². The molecule has 0 amide bonds. The number of piperidine rings is 2. The quantitative estimate of drug-likeness (QED) is 0.808. The minimum Gasteiger partial charge on any atom is -0.298 e. The maximum Gasteiger partial charge on any atom is 0.0233 e. The van der Waals surface area contributed by atoms with Gasteiger partial charge in [0.15, 0.2) is 0 Å². The Balaban J connectivity index is 1.40. The molecule has 2 heterocycles. The highest BCUT2D eigenvalue weighted by Crippen LogP contribution is 2.39. The van der Waals surface area contributed by atoms with Gasteiger partial charge in [0, 0.05) is 26.2 Å². The van der Waals surface area contributed by atoms with Crippen LogP contribution < -0.4 is 0 Å². The van der Waals surface area contributed by atoms with Gasteiger partial charge in [-0.05, 0) is 55.3 Å². The van der Waals surface area contributed by atoms with Crippen LogP contribution in [0.1, 0.15) is 36.8 Å². The molecule has 4 rings (SSSR count). The second-order valence-corrected chi connectivity index (χ2v) is 8.10. The van der Waals surface area contributed by atoms with E-state index in [0.29, 0.717) is 5.41 Å². The van der Waals surface area contributed by atoms with E-state index >= 15 is 0 Å². The molecule has 0 aromatic heterocycles. The number of hydrogen-bond acceptors (Lipinski definition) is 2. The Kier molecular flexibility index (Phi) is 5.19. The van der Waals surface area contributed by atoms with Crippen LogP contribution in [0.4, 0.5) is 0 Å². The zero-order valence-corrected chi connectivity index (χ0v) is 15.2. The predicted molar refractivity (Wildman–Crippen MR) is 104 cm³/mol. The van der Waals surface area contributed by atoms with Crippen molar-refractivity contribution in [1.82, 2.24) is 9.80 Å². The maximum atomic E-state index is 2.70. The molecular formula is C23H30N2. The normalized spacial score (nSPS) is 21.4. The average Bonchev–Trinajstić information content (AvgIpc) is 2.64. The second-order valence-electron chi connectivity index (χ2n) is 8.10. The van der Waals surface area contributed by atoms with E-state index in [2.05, 4.69) is 70.5 Å². The van der Waals surface area contributed by atoms with Gasteiger partial charge in [0.2, 0.25) is 0 Å². The predicted octanol–water partition coefficient (Wildman–Crippen LogP) is 4.56. The molecule has 0 saturated carbocycles. The molecule has 2 aliphatic rings. The molecule has 2 fully saturated rings. The fourth-order valence-corrected chi connectivity index (χ4v) is 4.91. The fraction of sp³-hybridized carbons (Fsp3) is 0.478. The highest BCUT2D eigenvalue weighted by Gasteiger charge is 2.38. The molecule has 132 valence electrons. The molecule has 2 saturated heterocycles. The average molecular weight is 335 g/mol. The highest BCUT2D eigenvalue weighted by atomic mass is 15.2. The van der Waals surface area contributed by atoms with Crippen molar-refractivity contribution in [2.24, 2.45) is 5.41 Å². The van der Waals surface area contributed by atoms with Crippen LogP contribution in [0, 0.1) is 5.41 Å². The van der Waals surface area contributed by atoms with Crippen LogP contribution in [0.25, 0.3) is 0 Å². The molecular weight excluding hydrogens is 304 g/mol. The summed E-state index contributed by atoms with van der Waals surface area (Å²) in [5, 5.41) is 0. The van der Waals surface area contributed by atoms with E-state index in [-0.39, 0.29) is 0 Å². The lowest BCUT2D eigenvalue weighted by molar-refractivity contribution is 0.00775. The van der Waals surface area contributed by atoms with Crippen LogP contribution in [0.15, 0.2) is 60.7 Å². The van der Waals surface area contributed by atoms with Crippen molar-refractivity contribution in [3.8, 4) is 0 Å². The third kappa shape index (κ3) is 4.31. The van der Waals surface area contributed by atoms with Crippen molar-refractivity contribution < 1.29 is 0 Å². The van der Waals surface area contributed by atoms with E-state index in [1.165, 1.54) is 63.0 Å². The zero-order chi connectivity index (χ0) is 17.0. The van der Waals surface area contributed by atoms with Crippen LogP contribution in [0.3, 0.4) is 0 Å². The molecule has 2 aromatic rings. The summed E-state index contributed by atoms with van der Waals surface area (Å²) in [6, 6.07) is 22.0. The fourth-order valence-electron chi connectivity index (χ4n) is 4.91. The number of hydrogen-bond donors (Lipinski definition) is 0. The van der Waals surface area contributed by atoms with Gasteiger partial charge in [-0.25, -0.2) is 0 Å². The Hall–Kier alpha value is -1.64. The number of nitrogens with zero attached hydrogens (tertiary/aromatic N) is 2. The Morgan fingerprint density at radius 3 is 1.52 bits per heavy atom. The van der Waals surface area contributed by atoms with Gasteiger partial charge < -0.3 is 0 Å². The first-order chi connectivity index (χ1) is 12.3. The van der Waals surface area contributed by atoms with Crippen molar-refractivity contribution >= 4 is 0 Å². The van der Waals surface area contributed by atoms with E-state index < -0.39 is 0 Å². The summed E-state index contributed by atoms with van der Waals surface area (Å²) in [5.74, 6) is 0. The summed E-state index contributed by atoms with van der Waals surface area (Å²) in [7, 11) is 0. The summed E-state index contributed by atoms with van der Waals surface area (Å²) in [6.45, 7) is 7.29. The van der Waals surface area contributed by atoms with Crippen molar-refractivity contribution in [1.29, 1.82) is 0 Å². The highest BCUT2D eigenvalue weighted by molar-refractivity contribution is 5.16. The first-order valence-electron chi connectivity index (χ1n) is 9.84. The molecule has 0 unspecified atom stereocenters. The summed E-state index contributed by atoms with van der Waals surface area (Å²) in [4.78, 5) is 5.40. The lowest BCUT2D eigenvalue weighted by atomic mass is 9.73. The van der Waals surface area contributed by atoms with Crippen molar-refractivity contribution in [3.63, 3.8) is 0 Å². The molecule has 2 aliphatic heterocycles. The van der Waals surface area contributed by atoms with Gasteiger partial charge in [0.05, 0.1) is 0 Å². The SMILES string of the molecule is c1ccc(CN2CCCC3(CCCN(Cc4ccccc4)C3)C2)cc1. The van der Waals surface area contributed by atoms with Crippen LogP contribution >= 0.6 is 0 Å². The van der Waals surface area contributed by atoms with E-state index in [4.69, 9.17) is 0 Å². The van der Waals surface area contributed by atoms with E-state index in [0.717, 1.165) is 13.1 Å². The lowest BCUT2D eigenvalue weighted by Gasteiger charge is -2.48. The second kappa shape index (κ2) is 7.72. The Morgan fingerprint density at radius 1 is 0.640 bits per heavy atom. The molecule has 25 heavy (non-hydrogen) atoms. The van der Waals surface area contributed by atoms with Gasteiger partial charge in [0.25, 0.3) is 0 Å². The number of likely N-dealkylation sites (tertiary alicyclic amines) is 2. The third-order valence-electron chi connectivity index (χ3n) is 5.98. The molecule has 2 aromatic carbocycles. The van der Waals surface area contributed by atoms with E-state index in [1.54, 1.807) is 0 Å². The van der Waals surface area contributed by atoms with Crippen LogP contribution in [0.2, 0.25) is 0 Å². The summed E-state index contributed by atoms with van der Waals surface area (Å²) in [6.07, 6.45) is 5.52. The standard InChI is InChI=1S/C23H30N2/c1-3-9-21(10-4-1)17-24-15-7-13-23(19-24)14-8-16-25(20-23)18-22-11-5-2-6-12-22/h1-6,9-12H,7-8,13-20H2. The van der Waals surface area contributed by atoms with Crippen molar-refractivity contribution in [2.45, 2.75) is 38.8 Å². The van der Waals surface area contributed by atoms with Crippen LogP contribution in [-0.4, -0.2) is 36.0 Å². The third-order valence-corrected chi connectivity index (χ3v) is 5.98. The monoisotopic (exact) mass is 334 g/mol. The summed E-state index contributed by atoms with van der Waals surface area (Å²) >= 11 is 0. The molecule has 0 atom stereocenters. The van der Waals surface area contributed by atoms with Crippen molar-refractivity contribution in [3.05, 3.63) is 71.8 Å². The molecule has 0 radical (unpaired) electrons. The smallest absolute Gasteiger partial charge is 0.0233 e. The molecule has 2 nitrogen and oxygen atoms in total. The molecule has 0 aliphatic carbocycles. The van der Waals surface area contributed by atoms with Crippen LogP contribution in [0.5, 0.6) is 0 Å². The lowest BCUT2D eigenvalue weighted by Crippen LogP contribution is -2.51. The number of rotatable bonds is 4. The van der Waals surface area contributed by atoms with E-state index in [9.17, 15) is 0 Å². The summed E-state index contributed by atoms with van der Waals surface area (Å²) < 4.78 is 0. The Bertz CT molecular complexity index is 593. The minimum atomic E-state index is 0.514. The van der Waals surface area contributed by atoms with Gasteiger partial charge in [0.1, 0.15) is 0 Å². The topological polar surface area (TPSA) is 6.48 Å². The molecule has 1 spiro atoms. The first kappa shape index (κ1) is 16.8. The maximum absolute atomic E-state index is 2.70. The zero-order valence-electron chi connectivity index (χ0n) is 15.2. The summed E-state index contributed by atoms with van der Waals surface area (Å²) in [5.41, 5.74) is 3.42. The Labute approximate surface area is 152 Å². The van der Waals surface area contributed by atoms with Gasteiger partial charge in [-0.3, -0.25) is 9.80 Å².